The molecule has 2 aromatic heterocycles. The van der Waals surface area contributed by atoms with Gasteiger partial charge in [0, 0.05) is 37.5 Å². The fraction of sp³-hybridized carbons (Fsp3) is 0.588. The van der Waals surface area contributed by atoms with Gasteiger partial charge in [0.2, 0.25) is 0 Å². The van der Waals surface area contributed by atoms with E-state index in [0.29, 0.717) is 6.04 Å². The third-order valence-electron chi connectivity index (χ3n) is 4.54. The van der Waals surface area contributed by atoms with Crippen LogP contribution in [-0.2, 0) is 6.42 Å². The minimum Gasteiger partial charge on any atom is -0.356 e. The van der Waals surface area contributed by atoms with Crippen molar-refractivity contribution >= 4 is 47.3 Å². The number of thioether (sulfide) groups is 1. The van der Waals surface area contributed by atoms with Crippen LogP contribution in [0.5, 0.6) is 0 Å². The van der Waals surface area contributed by atoms with Gasteiger partial charge in [-0.05, 0) is 44.1 Å². The number of halogens is 1. The van der Waals surface area contributed by atoms with E-state index in [-0.39, 0.29) is 24.0 Å². The highest BCUT2D eigenvalue weighted by atomic mass is 127. The lowest BCUT2D eigenvalue weighted by atomic mass is 10.2. The summed E-state index contributed by atoms with van der Waals surface area (Å²) in [4.78, 5) is 4.34. The fourth-order valence-electron chi connectivity index (χ4n) is 3.19. The molecular formula is C17H27IN6S. The quantitative estimate of drug-likeness (QED) is 0.292. The number of aromatic nitrogens is 3. The Morgan fingerprint density at radius 3 is 3.00 bits per heavy atom. The number of guanidine groups is 1. The summed E-state index contributed by atoms with van der Waals surface area (Å²) in [6.07, 6.45) is 9.87. The van der Waals surface area contributed by atoms with Gasteiger partial charge in [0.05, 0.1) is 0 Å². The predicted octanol–water partition coefficient (Wildman–Crippen LogP) is 2.73. The molecule has 0 spiro atoms. The zero-order chi connectivity index (χ0) is 16.8. The Kier molecular flexibility index (Phi) is 8.28. The number of aliphatic imine (C=N–C) groups is 1. The van der Waals surface area contributed by atoms with Gasteiger partial charge in [0.25, 0.3) is 0 Å². The highest BCUT2D eigenvalue weighted by Gasteiger charge is 2.24. The molecule has 2 aromatic rings. The molecule has 2 N–H and O–H groups in total. The summed E-state index contributed by atoms with van der Waals surface area (Å²) in [7, 11) is 1.84. The van der Waals surface area contributed by atoms with Crippen LogP contribution < -0.4 is 10.6 Å². The number of hydrogen-bond donors (Lipinski definition) is 2. The Bertz CT molecular complexity index is 689. The zero-order valence-electron chi connectivity index (χ0n) is 14.8. The molecule has 0 aliphatic heterocycles. The van der Waals surface area contributed by atoms with Crippen molar-refractivity contribution in [2.45, 2.75) is 43.4 Å². The summed E-state index contributed by atoms with van der Waals surface area (Å²) in [5, 5.41) is 16.2. The van der Waals surface area contributed by atoms with Gasteiger partial charge >= 0.3 is 0 Å². The third kappa shape index (κ3) is 5.47. The van der Waals surface area contributed by atoms with Crippen molar-refractivity contribution in [2.75, 3.05) is 19.8 Å². The number of hydrogen-bond acceptors (Lipinski definition) is 4. The van der Waals surface area contributed by atoms with E-state index in [0.717, 1.165) is 42.1 Å². The standard InChI is InChI=1S/C17H26N6S.HI/c1-18-17(20-13-8-9-14(12-13)24-2)19-10-5-7-16-22-21-15-6-3-4-11-23(15)16;/h3-4,6,11,13-14H,5,7-10,12H2,1-2H3,(H2,18,19,20);1H. The van der Waals surface area contributed by atoms with Gasteiger partial charge in [-0.1, -0.05) is 6.07 Å². The number of fused-ring (bicyclic) bond motifs is 1. The van der Waals surface area contributed by atoms with Crippen LogP contribution in [0.1, 0.15) is 31.5 Å². The van der Waals surface area contributed by atoms with Crippen LogP contribution in [0.15, 0.2) is 29.4 Å². The topological polar surface area (TPSA) is 66.6 Å². The van der Waals surface area contributed by atoms with Crippen LogP contribution in [0.3, 0.4) is 0 Å². The number of pyridine rings is 1. The molecule has 1 saturated carbocycles. The van der Waals surface area contributed by atoms with Gasteiger partial charge < -0.3 is 10.6 Å². The van der Waals surface area contributed by atoms with E-state index in [4.69, 9.17) is 0 Å². The molecule has 6 nitrogen and oxygen atoms in total. The maximum atomic E-state index is 4.34. The van der Waals surface area contributed by atoms with Crippen molar-refractivity contribution in [1.82, 2.24) is 25.2 Å². The Morgan fingerprint density at radius 1 is 1.36 bits per heavy atom. The first-order valence-electron chi connectivity index (χ1n) is 8.58. The summed E-state index contributed by atoms with van der Waals surface area (Å²) >= 11 is 1.98. The van der Waals surface area contributed by atoms with E-state index < -0.39 is 0 Å². The lowest BCUT2D eigenvalue weighted by molar-refractivity contribution is 0.610. The smallest absolute Gasteiger partial charge is 0.191 e. The monoisotopic (exact) mass is 474 g/mol. The molecule has 1 fully saturated rings. The van der Waals surface area contributed by atoms with Crippen molar-refractivity contribution in [3.05, 3.63) is 30.2 Å². The molecule has 3 rings (SSSR count). The maximum Gasteiger partial charge on any atom is 0.191 e. The lowest BCUT2D eigenvalue weighted by Gasteiger charge is -2.17. The molecule has 2 atom stereocenters. The van der Waals surface area contributed by atoms with E-state index in [2.05, 4.69) is 32.1 Å². The highest BCUT2D eigenvalue weighted by Crippen LogP contribution is 2.27. The maximum absolute atomic E-state index is 4.34. The molecule has 0 bridgehead atoms. The number of rotatable bonds is 6. The van der Waals surface area contributed by atoms with Crippen molar-refractivity contribution in [2.24, 2.45) is 4.99 Å². The highest BCUT2D eigenvalue weighted by molar-refractivity contribution is 14.0. The average molecular weight is 474 g/mol. The molecule has 0 amide bonds. The van der Waals surface area contributed by atoms with Crippen LogP contribution in [0.25, 0.3) is 5.65 Å². The summed E-state index contributed by atoms with van der Waals surface area (Å²) in [6.45, 7) is 0.875. The first-order valence-corrected chi connectivity index (χ1v) is 9.87. The average Bonchev–Trinajstić information content (AvgIpc) is 3.24. The van der Waals surface area contributed by atoms with E-state index >= 15 is 0 Å². The Balaban J connectivity index is 0.00000225. The summed E-state index contributed by atoms with van der Waals surface area (Å²) in [5.74, 6) is 1.92. The van der Waals surface area contributed by atoms with E-state index in [1.807, 2.05) is 47.6 Å². The Labute approximate surface area is 170 Å². The molecule has 2 heterocycles. The predicted molar refractivity (Wildman–Crippen MR) is 116 cm³/mol. The second-order valence-corrected chi connectivity index (χ2v) is 7.30. The first-order chi connectivity index (χ1) is 11.8. The van der Waals surface area contributed by atoms with E-state index in [1.165, 1.54) is 19.3 Å². The van der Waals surface area contributed by atoms with E-state index in [1.54, 1.807) is 0 Å². The number of aryl methyl sites for hydroxylation is 1. The summed E-state index contributed by atoms with van der Waals surface area (Å²) in [6, 6.07) is 6.52. The van der Waals surface area contributed by atoms with Crippen molar-refractivity contribution in [3.63, 3.8) is 0 Å². The first kappa shape index (κ1) is 20.3. The van der Waals surface area contributed by atoms with Crippen molar-refractivity contribution in [3.8, 4) is 0 Å². The molecule has 0 saturated heterocycles. The number of nitrogens with one attached hydrogen (secondary N) is 2. The normalized spacial score (nSPS) is 20.5. The van der Waals surface area contributed by atoms with Crippen LogP contribution in [0.2, 0.25) is 0 Å². The Hall–Kier alpha value is -1.03. The molecule has 8 heteroatoms. The Morgan fingerprint density at radius 2 is 2.24 bits per heavy atom. The molecule has 1 aliphatic carbocycles. The van der Waals surface area contributed by atoms with Crippen molar-refractivity contribution in [1.29, 1.82) is 0 Å². The van der Waals surface area contributed by atoms with Crippen LogP contribution >= 0.6 is 35.7 Å². The lowest BCUT2D eigenvalue weighted by Crippen LogP contribution is -2.43. The summed E-state index contributed by atoms with van der Waals surface area (Å²) in [5.41, 5.74) is 0.905. The zero-order valence-corrected chi connectivity index (χ0v) is 18.0. The molecule has 2 unspecified atom stereocenters. The van der Waals surface area contributed by atoms with Gasteiger partial charge in [-0.2, -0.15) is 11.8 Å². The van der Waals surface area contributed by atoms with Crippen LogP contribution in [0, 0.1) is 0 Å². The fourth-order valence-corrected chi connectivity index (χ4v) is 3.98. The molecule has 25 heavy (non-hydrogen) atoms. The molecule has 0 aromatic carbocycles. The van der Waals surface area contributed by atoms with Gasteiger partial charge in [0.1, 0.15) is 5.82 Å². The minimum absolute atomic E-state index is 0. The van der Waals surface area contributed by atoms with Gasteiger partial charge in [-0.25, -0.2) is 0 Å². The van der Waals surface area contributed by atoms with Gasteiger partial charge in [-0.3, -0.25) is 9.39 Å². The SMILES string of the molecule is CN=C(NCCCc1nnc2ccccn12)NC1CCC(SC)C1.I. The third-order valence-corrected chi connectivity index (χ3v) is 5.63. The number of nitrogens with zero attached hydrogens (tertiary/aromatic N) is 4. The molecule has 1 aliphatic rings. The summed E-state index contributed by atoms with van der Waals surface area (Å²) < 4.78 is 2.05. The van der Waals surface area contributed by atoms with Gasteiger partial charge in [0.15, 0.2) is 11.6 Å². The van der Waals surface area contributed by atoms with Crippen LogP contribution in [-0.4, -0.2) is 51.7 Å². The second kappa shape index (κ2) is 10.2. The largest absolute Gasteiger partial charge is 0.356 e. The van der Waals surface area contributed by atoms with E-state index in [9.17, 15) is 0 Å². The van der Waals surface area contributed by atoms with Crippen LogP contribution in [0.4, 0.5) is 0 Å². The molecule has 138 valence electrons. The van der Waals surface area contributed by atoms with Gasteiger partial charge in [-0.15, -0.1) is 34.2 Å². The molecule has 0 radical (unpaired) electrons. The molecular weight excluding hydrogens is 447 g/mol. The minimum atomic E-state index is 0. The second-order valence-electron chi connectivity index (χ2n) is 6.16. The van der Waals surface area contributed by atoms with Crippen molar-refractivity contribution < 1.29 is 0 Å².